The van der Waals surface area contributed by atoms with Crippen LogP contribution in [0.5, 0.6) is 0 Å². The molecule has 0 aliphatic carbocycles. The predicted molar refractivity (Wildman–Crippen MR) is 159 cm³/mol. The monoisotopic (exact) mass is 611 g/mol. The highest BCUT2D eigenvalue weighted by Crippen LogP contribution is 2.25. The van der Waals surface area contributed by atoms with Gasteiger partial charge in [-0.3, -0.25) is 14.4 Å². The Bertz CT molecular complexity index is 1610. The minimum Gasteiger partial charge on any atom is -0.325 e. The zero-order valence-corrected chi connectivity index (χ0v) is 23.4. The molecule has 0 atom stereocenters. The lowest BCUT2D eigenvalue weighted by atomic mass is 10.1. The number of amides is 3. The van der Waals surface area contributed by atoms with Gasteiger partial charge in [0.1, 0.15) is 17.3 Å². The summed E-state index contributed by atoms with van der Waals surface area (Å²) in [6, 6.07) is 22.9. The van der Waals surface area contributed by atoms with Crippen LogP contribution in [0.1, 0.15) is 15.9 Å². The van der Waals surface area contributed by atoms with Crippen molar-refractivity contribution < 1.29 is 23.2 Å². The third-order valence-corrected chi connectivity index (χ3v) is 7.10. The summed E-state index contributed by atoms with van der Waals surface area (Å²) in [6.07, 6.45) is 1.17. The molecule has 3 amide bonds. The van der Waals surface area contributed by atoms with Gasteiger partial charge in [0.15, 0.2) is 0 Å². The Balaban J connectivity index is 1.48. The number of benzene rings is 4. The van der Waals surface area contributed by atoms with Crippen molar-refractivity contribution in [1.29, 1.82) is 0 Å². The molecular weight excluding hydrogens is 591 g/mol. The number of hydrogen-bond donors (Lipinski definition) is 3. The second-order valence-corrected chi connectivity index (χ2v) is 10.3. The standard InChI is InChI=1S/C30H21Cl2F2N3O3S/c31-23-10-5-11-25(33)22(23)16-27(37-29(39)18-6-2-1-3-7-18)30(40)36-19-8-4-9-21(14-19)41-17-28(38)35-20-12-13-26(34)24(32)15-20/h1-16H,17H2,(H,35,38)(H,36,40)(H,37,39)/b27-16+. The SMILES string of the molecule is O=C(CSc1cccc(NC(=O)/C(=C\c2c(F)cccc2Cl)NC(=O)c2ccccc2)c1)Nc1ccc(F)c(Cl)c1. The highest BCUT2D eigenvalue weighted by Gasteiger charge is 2.17. The topological polar surface area (TPSA) is 87.3 Å². The first-order valence-electron chi connectivity index (χ1n) is 12.0. The van der Waals surface area contributed by atoms with Crippen LogP contribution in [0.3, 0.4) is 0 Å². The second kappa shape index (κ2) is 13.9. The molecular formula is C30H21Cl2F2N3O3S. The van der Waals surface area contributed by atoms with Crippen LogP contribution in [-0.2, 0) is 9.59 Å². The van der Waals surface area contributed by atoms with Gasteiger partial charge in [-0.1, -0.05) is 53.5 Å². The van der Waals surface area contributed by atoms with Crippen molar-refractivity contribution in [2.75, 3.05) is 16.4 Å². The molecule has 0 spiro atoms. The lowest BCUT2D eigenvalue weighted by Gasteiger charge is -2.13. The molecule has 208 valence electrons. The Morgan fingerprint density at radius 3 is 2.22 bits per heavy atom. The molecule has 3 N–H and O–H groups in total. The summed E-state index contributed by atoms with van der Waals surface area (Å²) in [4.78, 5) is 39.1. The minimum absolute atomic E-state index is 0.0243. The number of thioether (sulfide) groups is 1. The number of hydrogen-bond acceptors (Lipinski definition) is 4. The van der Waals surface area contributed by atoms with E-state index in [1.165, 1.54) is 48.2 Å². The van der Waals surface area contributed by atoms with Crippen molar-refractivity contribution in [3.63, 3.8) is 0 Å². The van der Waals surface area contributed by atoms with Crippen LogP contribution >= 0.6 is 35.0 Å². The molecule has 0 aromatic heterocycles. The summed E-state index contributed by atoms with van der Waals surface area (Å²) in [5.41, 5.74) is 0.720. The van der Waals surface area contributed by atoms with E-state index in [4.69, 9.17) is 23.2 Å². The van der Waals surface area contributed by atoms with Crippen LogP contribution in [-0.4, -0.2) is 23.5 Å². The average molecular weight is 612 g/mol. The third-order valence-electron chi connectivity index (χ3n) is 5.48. The van der Waals surface area contributed by atoms with Crippen LogP contribution in [0.2, 0.25) is 10.0 Å². The van der Waals surface area contributed by atoms with E-state index in [0.717, 1.165) is 6.07 Å². The second-order valence-electron chi connectivity index (χ2n) is 8.46. The average Bonchev–Trinajstić information content (AvgIpc) is 2.96. The van der Waals surface area contributed by atoms with Gasteiger partial charge in [-0.2, -0.15) is 0 Å². The fraction of sp³-hybridized carbons (Fsp3) is 0.0333. The molecule has 0 bridgehead atoms. The smallest absolute Gasteiger partial charge is 0.272 e. The first-order valence-corrected chi connectivity index (χ1v) is 13.7. The van der Waals surface area contributed by atoms with E-state index < -0.39 is 23.4 Å². The van der Waals surface area contributed by atoms with Gasteiger partial charge < -0.3 is 16.0 Å². The molecule has 0 radical (unpaired) electrons. The number of halogens is 4. The van der Waals surface area contributed by atoms with Gasteiger partial charge in [-0.05, 0) is 66.7 Å². The summed E-state index contributed by atoms with van der Waals surface area (Å²) in [7, 11) is 0. The van der Waals surface area contributed by atoms with E-state index in [0.29, 0.717) is 21.8 Å². The Hall–Kier alpha value is -4.18. The van der Waals surface area contributed by atoms with Crippen LogP contribution in [0.4, 0.5) is 20.2 Å². The number of nitrogens with one attached hydrogen (secondary N) is 3. The van der Waals surface area contributed by atoms with Crippen LogP contribution < -0.4 is 16.0 Å². The molecule has 0 heterocycles. The molecule has 0 saturated heterocycles. The van der Waals surface area contributed by atoms with Crippen molar-refractivity contribution in [2.24, 2.45) is 0 Å². The fourth-order valence-corrected chi connectivity index (χ4v) is 4.67. The zero-order valence-electron chi connectivity index (χ0n) is 21.1. The molecule has 0 aliphatic rings. The summed E-state index contributed by atoms with van der Waals surface area (Å²) in [5, 5.41) is 7.81. The molecule has 6 nitrogen and oxygen atoms in total. The number of carbonyl (C=O) groups is 3. The minimum atomic E-state index is -0.721. The molecule has 0 aliphatic heterocycles. The van der Waals surface area contributed by atoms with E-state index in [1.54, 1.807) is 54.6 Å². The number of rotatable bonds is 9. The van der Waals surface area contributed by atoms with Crippen LogP contribution in [0.15, 0.2) is 102 Å². The zero-order chi connectivity index (χ0) is 29.4. The van der Waals surface area contributed by atoms with Gasteiger partial charge in [0.25, 0.3) is 11.8 Å². The molecule has 4 aromatic rings. The maximum absolute atomic E-state index is 14.5. The lowest BCUT2D eigenvalue weighted by Crippen LogP contribution is -2.30. The molecule has 11 heteroatoms. The Kier molecular flexibility index (Phi) is 10.1. The quantitative estimate of drug-likeness (QED) is 0.136. The highest BCUT2D eigenvalue weighted by molar-refractivity contribution is 8.00. The Morgan fingerprint density at radius 2 is 1.49 bits per heavy atom. The lowest BCUT2D eigenvalue weighted by molar-refractivity contribution is -0.114. The maximum atomic E-state index is 14.5. The molecule has 0 unspecified atom stereocenters. The third kappa shape index (κ3) is 8.40. The van der Waals surface area contributed by atoms with E-state index in [2.05, 4.69) is 16.0 Å². The van der Waals surface area contributed by atoms with Crippen molar-refractivity contribution in [1.82, 2.24) is 5.32 Å². The van der Waals surface area contributed by atoms with E-state index in [1.807, 2.05) is 0 Å². The number of anilines is 2. The molecule has 4 aromatic carbocycles. The molecule has 41 heavy (non-hydrogen) atoms. The molecule has 0 fully saturated rings. The first kappa shape index (κ1) is 29.8. The Labute approximate surface area is 248 Å². The van der Waals surface area contributed by atoms with Gasteiger partial charge in [-0.25, -0.2) is 8.78 Å². The Morgan fingerprint density at radius 1 is 0.756 bits per heavy atom. The van der Waals surface area contributed by atoms with Crippen molar-refractivity contribution in [3.8, 4) is 0 Å². The van der Waals surface area contributed by atoms with Crippen molar-refractivity contribution in [3.05, 3.63) is 129 Å². The number of carbonyl (C=O) groups excluding carboxylic acids is 3. The maximum Gasteiger partial charge on any atom is 0.272 e. The predicted octanol–water partition coefficient (Wildman–Crippen LogP) is 7.41. The normalized spacial score (nSPS) is 11.1. The van der Waals surface area contributed by atoms with Crippen LogP contribution in [0.25, 0.3) is 6.08 Å². The highest BCUT2D eigenvalue weighted by atomic mass is 35.5. The first-order chi connectivity index (χ1) is 19.7. The fourth-order valence-electron chi connectivity index (χ4n) is 3.52. The summed E-state index contributed by atoms with van der Waals surface area (Å²) in [5.74, 6) is -2.87. The van der Waals surface area contributed by atoms with Gasteiger partial charge in [-0.15, -0.1) is 11.8 Å². The molecule has 0 saturated carbocycles. The van der Waals surface area contributed by atoms with Gasteiger partial charge >= 0.3 is 0 Å². The van der Waals surface area contributed by atoms with Crippen LogP contribution in [0, 0.1) is 11.6 Å². The van der Waals surface area contributed by atoms with E-state index in [9.17, 15) is 23.2 Å². The summed E-state index contributed by atoms with van der Waals surface area (Å²) < 4.78 is 27.9. The van der Waals surface area contributed by atoms with Crippen molar-refractivity contribution >= 4 is 70.1 Å². The molecule has 4 rings (SSSR count). The van der Waals surface area contributed by atoms with Crippen molar-refractivity contribution in [2.45, 2.75) is 4.90 Å². The summed E-state index contributed by atoms with van der Waals surface area (Å²) in [6.45, 7) is 0. The van der Waals surface area contributed by atoms with E-state index in [-0.39, 0.29) is 33.0 Å². The van der Waals surface area contributed by atoms with E-state index >= 15 is 0 Å². The van der Waals surface area contributed by atoms with Gasteiger partial charge in [0, 0.05) is 27.4 Å². The summed E-state index contributed by atoms with van der Waals surface area (Å²) >= 11 is 13.1. The van der Waals surface area contributed by atoms with Gasteiger partial charge in [0.2, 0.25) is 5.91 Å². The largest absolute Gasteiger partial charge is 0.325 e. The van der Waals surface area contributed by atoms with Gasteiger partial charge in [0.05, 0.1) is 15.8 Å².